The zero-order chi connectivity index (χ0) is 22.6. The van der Waals surface area contributed by atoms with Crippen molar-refractivity contribution in [1.82, 2.24) is 15.2 Å². The molecular formula is C23H23N5O4. The number of pyridine rings is 1. The maximum atomic E-state index is 13.2. The lowest BCUT2D eigenvalue weighted by Crippen LogP contribution is -2.52. The van der Waals surface area contributed by atoms with Crippen molar-refractivity contribution >= 4 is 35.3 Å². The minimum absolute atomic E-state index is 0.0624. The monoisotopic (exact) mass is 433 g/mol. The lowest BCUT2D eigenvalue weighted by atomic mass is 10.0. The highest BCUT2D eigenvalue weighted by Crippen LogP contribution is 2.33. The summed E-state index contributed by atoms with van der Waals surface area (Å²) in [5.41, 5.74) is 3.02. The van der Waals surface area contributed by atoms with Crippen molar-refractivity contribution in [2.45, 2.75) is 45.3 Å². The van der Waals surface area contributed by atoms with Crippen LogP contribution in [0.3, 0.4) is 0 Å². The summed E-state index contributed by atoms with van der Waals surface area (Å²) in [6.07, 6.45) is 2.27. The molecule has 1 unspecified atom stereocenters. The summed E-state index contributed by atoms with van der Waals surface area (Å²) >= 11 is 0. The van der Waals surface area contributed by atoms with Crippen LogP contribution in [0.2, 0.25) is 0 Å². The van der Waals surface area contributed by atoms with E-state index in [9.17, 15) is 19.2 Å². The van der Waals surface area contributed by atoms with Crippen LogP contribution < -0.4 is 15.1 Å². The number of rotatable bonds is 3. The molecule has 2 saturated heterocycles. The summed E-state index contributed by atoms with van der Waals surface area (Å²) in [6, 6.07) is 8.20. The van der Waals surface area contributed by atoms with E-state index in [0.29, 0.717) is 30.0 Å². The van der Waals surface area contributed by atoms with E-state index in [1.54, 1.807) is 28.1 Å². The van der Waals surface area contributed by atoms with E-state index < -0.39 is 11.9 Å². The number of piperidine rings is 1. The van der Waals surface area contributed by atoms with Crippen LogP contribution in [0, 0.1) is 6.92 Å². The van der Waals surface area contributed by atoms with Crippen molar-refractivity contribution in [3.05, 3.63) is 53.2 Å². The normalized spacial score (nSPS) is 23.1. The van der Waals surface area contributed by atoms with E-state index in [2.05, 4.69) is 10.3 Å². The van der Waals surface area contributed by atoms with Gasteiger partial charge >= 0.3 is 6.03 Å². The molecule has 0 spiro atoms. The van der Waals surface area contributed by atoms with Crippen LogP contribution >= 0.6 is 0 Å². The maximum Gasteiger partial charge on any atom is 0.330 e. The molecule has 32 heavy (non-hydrogen) atoms. The van der Waals surface area contributed by atoms with Crippen LogP contribution in [0.15, 0.2) is 36.5 Å². The molecule has 2 atom stereocenters. The fourth-order valence-electron chi connectivity index (χ4n) is 4.61. The number of carbonyl (C=O) groups is 4. The lowest BCUT2D eigenvalue weighted by molar-refractivity contribution is -0.136. The molecule has 3 aliphatic heterocycles. The average molecular weight is 433 g/mol. The largest absolute Gasteiger partial charge is 0.330 e. The smallest absolute Gasteiger partial charge is 0.322 e. The quantitative estimate of drug-likeness (QED) is 0.746. The molecule has 0 radical (unpaired) electrons. The molecule has 1 aromatic carbocycles. The van der Waals surface area contributed by atoms with Gasteiger partial charge in [0.1, 0.15) is 11.9 Å². The number of hydrogen-bond donors (Lipinski definition) is 1. The predicted molar refractivity (Wildman–Crippen MR) is 116 cm³/mol. The number of urea groups is 1. The Balaban J connectivity index is 1.38. The average Bonchev–Trinajstić information content (AvgIpc) is 3.24. The number of imide groups is 1. The van der Waals surface area contributed by atoms with Crippen molar-refractivity contribution in [2.75, 3.05) is 16.3 Å². The third-order valence-electron chi connectivity index (χ3n) is 6.29. The summed E-state index contributed by atoms with van der Waals surface area (Å²) in [5.74, 6) is -0.372. The molecule has 0 bridgehead atoms. The van der Waals surface area contributed by atoms with Gasteiger partial charge in [-0.2, -0.15) is 0 Å². The SMILES string of the molecule is Cc1ccc(N2C(=O)N(c3ccc4c(c3)CN(C3CCC(=O)NC3=O)C4=O)C[C@H]2C)nc1. The molecule has 4 heterocycles. The van der Waals surface area contributed by atoms with Gasteiger partial charge in [-0.25, -0.2) is 9.78 Å². The van der Waals surface area contributed by atoms with Crippen molar-refractivity contribution in [2.24, 2.45) is 0 Å². The number of aromatic nitrogens is 1. The third kappa shape index (κ3) is 3.21. The minimum atomic E-state index is -0.660. The van der Waals surface area contributed by atoms with Crippen molar-refractivity contribution in [1.29, 1.82) is 0 Å². The van der Waals surface area contributed by atoms with Gasteiger partial charge in [0.05, 0.1) is 6.04 Å². The number of fused-ring (bicyclic) bond motifs is 1. The number of nitrogens with one attached hydrogen (secondary N) is 1. The fourth-order valence-corrected chi connectivity index (χ4v) is 4.61. The van der Waals surface area contributed by atoms with Crippen molar-refractivity contribution in [3.8, 4) is 0 Å². The molecule has 2 fully saturated rings. The number of benzene rings is 1. The zero-order valence-electron chi connectivity index (χ0n) is 17.9. The molecule has 164 valence electrons. The highest BCUT2D eigenvalue weighted by molar-refractivity contribution is 6.08. The number of nitrogens with zero attached hydrogens (tertiary/aromatic N) is 4. The van der Waals surface area contributed by atoms with Crippen molar-refractivity contribution < 1.29 is 19.2 Å². The van der Waals surface area contributed by atoms with Crippen LogP contribution in [-0.2, 0) is 16.1 Å². The Bertz CT molecular complexity index is 1150. The summed E-state index contributed by atoms with van der Waals surface area (Å²) in [6.45, 7) is 4.69. The Morgan fingerprint density at radius 1 is 1.09 bits per heavy atom. The van der Waals surface area contributed by atoms with E-state index in [-0.39, 0.29) is 36.9 Å². The highest BCUT2D eigenvalue weighted by Gasteiger charge is 2.41. The molecule has 0 saturated carbocycles. The van der Waals surface area contributed by atoms with Gasteiger partial charge in [-0.05, 0) is 55.7 Å². The molecule has 5 rings (SSSR count). The first-order chi connectivity index (χ1) is 15.3. The van der Waals surface area contributed by atoms with Crippen molar-refractivity contribution in [3.63, 3.8) is 0 Å². The lowest BCUT2D eigenvalue weighted by Gasteiger charge is -2.29. The summed E-state index contributed by atoms with van der Waals surface area (Å²) < 4.78 is 0. The first-order valence-electron chi connectivity index (χ1n) is 10.6. The van der Waals surface area contributed by atoms with Crippen LogP contribution in [-0.4, -0.2) is 52.3 Å². The molecule has 2 aromatic rings. The summed E-state index contributed by atoms with van der Waals surface area (Å²) in [4.78, 5) is 59.1. The predicted octanol–water partition coefficient (Wildman–Crippen LogP) is 1.99. The first kappa shape index (κ1) is 20.2. The Morgan fingerprint density at radius 3 is 2.62 bits per heavy atom. The third-order valence-corrected chi connectivity index (χ3v) is 6.29. The standard InChI is InChI=1S/C23H23N5O4/c1-13-3-7-19(24-10-13)28-14(2)11-26(23(28)32)16-4-5-17-15(9-16)12-27(22(17)31)18-6-8-20(29)25-21(18)30/h3-5,7,9-10,14,18H,6,8,11-12H2,1-2H3,(H,25,29,30)/t14-,18?/m1/s1. The molecule has 1 aromatic heterocycles. The Hall–Kier alpha value is -3.75. The summed E-state index contributed by atoms with van der Waals surface area (Å²) in [5, 5.41) is 2.31. The highest BCUT2D eigenvalue weighted by atomic mass is 16.2. The van der Waals surface area contributed by atoms with Crippen LogP contribution in [0.5, 0.6) is 0 Å². The van der Waals surface area contributed by atoms with E-state index in [4.69, 9.17) is 0 Å². The van der Waals surface area contributed by atoms with E-state index in [0.717, 1.165) is 11.1 Å². The van der Waals surface area contributed by atoms with Crippen LogP contribution in [0.4, 0.5) is 16.3 Å². The minimum Gasteiger partial charge on any atom is -0.322 e. The second kappa shape index (κ2) is 7.44. The number of amides is 5. The van der Waals surface area contributed by atoms with E-state index >= 15 is 0 Å². The number of anilines is 2. The molecule has 3 aliphatic rings. The summed E-state index contributed by atoms with van der Waals surface area (Å²) in [7, 11) is 0. The van der Waals surface area contributed by atoms with Gasteiger partial charge in [0.25, 0.3) is 5.91 Å². The van der Waals surface area contributed by atoms with Gasteiger partial charge in [-0.1, -0.05) is 6.07 Å². The fraction of sp³-hybridized carbons (Fsp3) is 0.348. The number of hydrogen-bond acceptors (Lipinski definition) is 5. The van der Waals surface area contributed by atoms with Gasteiger partial charge in [-0.3, -0.25) is 29.5 Å². The Labute approximate surface area is 185 Å². The van der Waals surface area contributed by atoms with Gasteiger partial charge in [0.15, 0.2) is 0 Å². The first-order valence-corrected chi connectivity index (χ1v) is 10.6. The Morgan fingerprint density at radius 2 is 1.91 bits per heavy atom. The molecule has 1 N–H and O–H groups in total. The zero-order valence-corrected chi connectivity index (χ0v) is 17.9. The molecular weight excluding hydrogens is 410 g/mol. The topological polar surface area (TPSA) is 103 Å². The molecule has 5 amide bonds. The molecule has 0 aliphatic carbocycles. The van der Waals surface area contributed by atoms with Gasteiger partial charge in [-0.15, -0.1) is 0 Å². The van der Waals surface area contributed by atoms with E-state index in [1.165, 1.54) is 4.90 Å². The van der Waals surface area contributed by atoms with Gasteiger partial charge in [0, 0.05) is 37.0 Å². The maximum absolute atomic E-state index is 13.2. The number of aryl methyl sites for hydroxylation is 1. The molecule has 9 nitrogen and oxygen atoms in total. The van der Waals surface area contributed by atoms with E-state index in [1.807, 2.05) is 32.0 Å². The van der Waals surface area contributed by atoms with Gasteiger partial charge in [0.2, 0.25) is 11.8 Å². The molecule has 9 heteroatoms. The Kier molecular flexibility index (Phi) is 4.69. The van der Waals surface area contributed by atoms with Gasteiger partial charge < -0.3 is 4.90 Å². The second-order valence-electron chi connectivity index (χ2n) is 8.55. The van der Waals surface area contributed by atoms with Crippen LogP contribution in [0.25, 0.3) is 0 Å². The number of carbonyl (C=O) groups excluding carboxylic acids is 4. The second-order valence-corrected chi connectivity index (χ2v) is 8.55. The van der Waals surface area contributed by atoms with Crippen LogP contribution in [0.1, 0.15) is 41.3 Å².